The number of carbonyl (C=O) groups is 2. The average molecular weight is 623 g/mol. The molecule has 3 aromatic carbocycles. The third-order valence-electron chi connectivity index (χ3n) is 8.52. The van der Waals surface area contributed by atoms with Crippen molar-refractivity contribution in [2.75, 3.05) is 7.11 Å². The van der Waals surface area contributed by atoms with Crippen LogP contribution in [0.3, 0.4) is 0 Å². The fourth-order valence-corrected chi connectivity index (χ4v) is 5.67. The van der Waals surface area contributed by atoms with E-state index >= 15 is 0 Å². The second kappa shape index (κ2) is 16.1. The van der Waals surface area contributed by atoms with Crippen molar-refractivity contribution in [3.63, 3.8) is 0 Å². The molecule has 0 amide bonds. The number of methoxy groups -OCH3 is 1. The van der Waals surface area contributed by atoms with E-state index in [4.69, 9.17) is 14.9 Å². The fourth-order valence-electron chi connectivity index (χ4n) is 5.67. The Hall–Kier alpha value is -4.68. The highest BCUT2D eigenvalue weighted by Crippen LogP contribution is 2.46. The third kappa shape index (κ3) is 9.91. The third-order valence-corrected chi connectivity index (χ3v) is 8.52. The molecule has 6 heteroatoms. The topological polar surface area (TPSA) is 93.1 Å². The summed E-state index contributed by atoms with van der Waals surface area (Å²) in [6.45, 7) is 13.3. The number of hydrogen-bond donors (Lipinski definition) is 2. The van der Waals surface area contributed by atoms with Gasteiger partial charge in [0.1, 0.15) is 18.1 Å². The molecule has 0 fully saturated rings. The van der Waals surface area contributed by atoms with Crippen molar-refractivity contribution in [3.8, 4) is 35.2 Å². The number of hydrogen-bond acceptors (Lipinski definition) is 5. The van der Waals surface area contributed by atoms with Gasteiger partial charge in [-0.1, -0.05) is 82.0 Å². The number of phenolic OH excluding ortho intramolecular Hbond substituents is 1. The van der Waals surface area contributed by atoms with Crippen LogP contribution in [0, 0.1) is 23.7 Å². The Balaban J connectivity index is 0.000000304. The number of phenols is 1. The smallest absolute Gasteiger partial charge is 0.307 e. The van der Waals surface area contributed by atoms with Crippen LogP contribution in [-0.2, 0) is 31.8 Å². The van der Waals surface area contributed by atoms with Crippen LogP contribution >= 0.6 is 0 Å². The molecular formula is C40H46O6. The largest absolute Gasteiger partial charge is 0.508 e. The molecule has 0 radical (unpaired) electrons. The molecule has 6 nitrogen and oxygen atoms in total. The molecule has 1 aliphatic rings. The minimum atomic E-state index is -0.846. The van der Waals surface area contributed by atoms with Gasteiger partial charge in [-0.3, -0.25) is 9.59 Å². The second-order valence-electron chi connectivity index (χ2n) is 12.9. The number of ether oxygens (including phenoxy) is 2. The number of fused-ring (bicyclic) bond motifs is 1. The van der Waals surface area contributed by atoms with E-state index in [0.29, 0.717) is 6.61 Å². The first-order valence-electron chi connectivity index (χ1n) is 15.6. The van der Waals surface area contributed by atoms with Crippen molar-refractivity contribution in [1.82, 2.24) is 0 Å². The van der Waals surface area contributed by atoms with E-state index in [1.165, 1.54) is 36.6 Å². The van der Waals surface area contributed by atoms with Crippen LogP contribution in [0.4, 0.5) is 0 Å². The molecule has 0 spiro atoms. The molecule has 0 saturated heterocycles. The van der Waals surface area contributed by atoms with Gasteiger partial charge in [-0.15, -0.1) is 11.8 Å². The van der Waals surface area contributed by atoms with Crippen molar-refractivity contribution in [3.05, 3.63) is 94.5 Å². The van der Waals surface area contributed by atoms with Crippen LogP contribution in [0.1, 0.15) is 107 Å². The highest BCUT2D eigenvalue weighted by Gasteiger charge is 2.36. The van der Waals surface area contributed by atoms with Gasteiger partial charge in [-0.05, 0) is 89.6 Å². The van der Waals surface area contributed by atoms with E-state index < -0.39 is 5.97 Å². The van der Waals surface area contributed by atoms with Crippen LogP contribution in [0.5, 0.6) is 11.5 Å². The molecule has 0 aromatic heterocycles. The summed E-state index contributed by atoms with van der Waals surface area (Å²) >= 11 is 0. The summed E-state index contributed by atoms with van der Waals surface area (Å²) in [5.41, 5.74) is 6.26. The van der Waals surface area contributed by atoms with Gasteiger partial charge in [0.2, 0.25) is 0 Å². The van der Waals surface area contributed by atoms with Crippen LogP contribution < -0.4 is 4.74 Å². The van der Waals surface area contributed by atoms with E-state index in [2.05, 4.69) is 74.3 Å². The average Bonchev–Trinajstić information content (AvgIpc) is 3.02. The molecular weight excluding hydrogens is 576 g/mol. The van der Waals surface area contributed by atoms with E-state index in [-0.39, 0.29) is 47.2 Å². The number of rotatable bonds is 9. The monoisotopic (exact) mass is 622 g/mol. The first-order chi connectivity index (χ1) is 21.8. The molecule has 0 bridgehead atoms. The Morgan fingerprint density at radius 2 is 1.30 bits per heavy atom. The number of esters is 1. The molecule has 1 aliphatic carbocycles. The summed E-state index contributed by atoms with van der Waals surface area (Å²) < 4.78 is 10.6. The standard InChI is InChI=1S/C27H32O3.C13H14O3/c1-6-7-21(17-25(28)29)20-9-11-22(12-10-20)30-18-19-8-13-23-24(16-19)27(4,5)15-14-26(23,2)3;1-3-4-11(9-13(15)16-2)10-5-7-12(14)8-6-10/h8-13,16,21H,14-15,17-18H2,1-5H3,(H,28,29);5-8,11,14H,9H2,1-2H3/t21-;11-/m00/s1. The quantitative estimate of drug-likeness (QED) is 0.184. The Bertz CT molecular complexity index is 1610. The Kier molecular flexibility index (Phi) is 12.5. The zero-order chi connectivity index (χ0) is 33.9. The summed E-state index contributed by atoms with van der Waals surface area (Å²) in [6, 6.07) is 21.0. The number of carboxylic acid groups (broad SMARTS) is 1. The van der Waals surface area contributed by atoms with E-state index in [9.17, 15) is 9.59 Å². The van der Waals surface area contributed by atoms with Gasteiger partial charge in [0.25, 0.3) is 0 Å². The highest BCUT2D eigenvalue weighted by atomic mass is 16.5. The SMILES string of the molecule is CC#C[C@@H](CC(=O)O)c1ccc(OCc2ccc3c(c2)C(C)(C)CCC3(C)C)cc1.CC#C[C@@H](CC(=O)OC)c1ccc(O)cc1. The molecule has 4 rings (SSSR count). The van der Waals surface area contributed by atoms with Gasteiger partial charge < -0.3 is 19.7 Å². The predicted octanol–water partition coefficient (Wildman–Crippen LogP) is 8.26. The van der Waals surface area contributed by atoms with Gasteiger partial charge in [0.15, 0.2) is 0 Å². The molecule has 46 heavy (non-hydrogen) atoms. The van der Waals surface area contributed by atoms with Crippen molar-refractivity contribution in [2.24, 2.45) is 0 Å². The molecule has 0 saturated carbocycles. The predicted molar refractivity (Wildman–Crippen MR) is 182 cm³/mol. The number of aromatic hydroxyl groups is 1. The molecule has 242 valence electrons. The normalized spacial score (nSPS) is 15.1. The van der Waals surface area contributed by atoms with Crippen LogP contribution in [-0.4, -0.2) is 29.3 Å². The zero-order valence-corrected chi connectivity index (χ0v) is 28.1. The maximum absolute atomic E-state index is 11.2. The highest BCUT2D eigenvalue weighted by molar-refractivity contribution is 5.71. The summed E-state index contributed by atoms with van der Waals surface area (Å²) in [6.07, 6.45) is 2.63. The summed E-state index contributed by atoms with van der Waals surface area (Å²) in [5, 5.41) is 18.3. The van der Waals surface area contributed by atoms with Gasteiger partial charge in [0, 0.05) is 0 Å². The van der Waals surface area contributed by atoms with E-state index in [1.54, 1.807) is 38.1 Å². The zero-order valence-electron chi connectivity index (χ0n) is 28.1. The van der Waals surface area contributed by atoms with Gasteiger partial charge in [0.05, 0.1) is 31.8 Å². The minimum absolute atomic E-state index is 0.00228. The summed E-state index contributed by atoms with van der Waals surface area (Å²) in [7, 11) is 1.36. The van der Waals surface area contributed by atoms with Crippen molar-refractivity contribution >= 4 is 11.9 Å². The minimum Gasteiger partial charge on any atom is -0.508 e. The van der Waals surface area contributed by atoms with Crippen LogP contribution in [0.15, 0.2) is 66.7 Å². The van der Waals surface area contributed by atoms with Crippen molar-refractivity contribution < 1.29 is 29.3 Å². The fraction of sp³-hybridized carbons (Fsp3) is 0.400. The van der Waals surface area contributed by atoms with Gasteiger partial charge in [-0.2, -0.15) is 0 Å². The molecule has 3 aromatic rings. The molecule has 0 unspecified atom stereocenters. The maximum Gasteiger partial charge on any atom is 0.307 e. The van der Waals surface area contributed by atoms with Crippen molar-refractivity contribution in [1.29, 1.82) is 0 Å². The summed E-state index contributed by atoms with van der Waals surface area (Å²) in [4.78, 5) is 22.3. The molecule has 0 aliphatic heterocycles. The number of carbonyl (C=O) groups excluding carboxylic acids is 1. The Morgan fingerprint density at radius 1 is 0.783 bits per heavy atom. The first-order valence-corrected chi connectivity index (χ1v) is 15.6. The second-order valence-corrected chi connectivity index (χ2v) is 12.9. The molecule has 2 atom stereocenters. The number of carboxylic acids is 1. The molecule has 2 N–H and O–H groups in total. The Labute approximate surface area is 274 Å². The Morgan fingerprint density at radius 3 is 1.83 bits per heavy atom. The first kappa shape index (κ1) is 35.8. The lowest BCUT2D eigenvalue weighted by atomic mass is 9.63. The van der Waals surface area contributed by atoms with Gasteiger partial charge >= 0.3 is 11.9 Å². The van der Waals surface area contributed by atoms with Crippen molar-refractivity contribution in [2.45, 2.75) is 96.5 Å². The number of benzene rings is 3. The van der Waals surface area contributed by atoms with Crippen LogP contribution in [0.25, 0.3) is 0 Å². The summed E-state index contributed by atoms with van der Waals surface area (Å²) in [5.74, 6) is 10.9. The number of aliphatic carboxylic acids is 1. The lowest BCUT2D eigenvalue weighted by Gasteiger charge is -2.42. The van der Waals surface area contributed by atoms with Gasteiger partial charge in [-0.25, -0.2) is 0 Å². The lowest BCUT2D eigenvalue weighted by molar-refractivity contribution is -0.141. The van der Waals surface area contributed by atoms with E-state index in [1.807, 2.05) is 24.3 Å². The van der Waals surface area contributed by atoms with E-state index in [0.717, 1.165) is 16.9 Å². The lowest BCUT2D eigenvalue weighted by Crippen LogP contribution is -2.33. The molecule has 0 heterocycles. The maximum atomic E-state index is 11.2. The van der Waals surface area contributed by atoms with Crippen LogP contribution in [0.2, 0.25) is 0 Å².